The Labute approximate surface area is 227 Å². The van der Waals surface area contributed by atoms with Crippen LogP contribution >= 0.6 is 0 Å². The SMILES string of the molecule is C=C(CC=C(C)C(=O)O)C(=O)OC.C=C(CC=CC#N)C(=O)OCCO.CC(=Cc1ccc(O)cc1)C(N)=O. The molecule has 0 atom stereocenters. The van der Waals surface area contributed by atoms with Crippen LogP contribution in [-0.4, -0.2) is 59.5 Å². The van der Waals surface area contributed by atoms with Gasteiger partial charge < -0.3 is 30.5 Å². The van der Waals surface area contributed by atoms with E-state index in [1.807, 2.05) is 0 Å². The highest BCUT2D eigenvalue weighted by atomic mass is 16.5. The van der Waals surface area contributed by atoms with Gasteiger partial charge in [-0.2, -0.15) is 5.26 Å². The molecule has 0 radical (unpaired) electrons. The van der Waals surface area contributed by atoms with Crippen molar-refractivity contribution in [1.82, 2.24) is 0 Å². The predicted molar refractivity (Wildman–Crippen MR) is 145 cm³/mol. The molecule has 0 saturated carbocycles. The lowest BCUT2D eigenvalue weighted by Gasteiger charge is -2.02. The number of carboxylic acid groups (broad SMARTS) is 1. The molecule has 5 N–H and O–H groups in total. The summed E-state index contributed by atoms with van der Waals surface area (Å²) in [6.07, 6.45) is 6.36. The number of aliphatic hydroxyl groups is 1. The van der Waals surface area contributed by atoms with Crippen LogP contribution in [0.4, 0.5) is 0 Å². The number of phenols is 1. The first kappa shape index (κ1) is 36.2. The number of carboxylic acids is 1. The number of nitriles is 1. The zero-order valence-electron chi connectivity index (χ0n) is 22.2. The van der Waals surface area contributed by atoms with E-state index in [0.29, 0.717) is 5.57 Å². The Kier molecular flexibility index (Phi) is 19.6. The smallest absolute Gasteiger partial charge is 0.333 e. The van der Waals surface area contributed by atoms with Crippen molar-refractivity contribution in [2.45, 2.75) is 26.7 Å². The van der Waals surface area contributed by atoms with E-state index >= 15 is 0 Å². The van der Waals surface area contributed by atoms with Crippen molar-refractivity contribution in [2.75, 3.05) is 20.3 Å². The molecular formula is C28H34N2O9. The van der Waals surface area contributed by atoms with Gasteiger partial charge in [-0.15, -0.1) is 0 Å². The van der Waals surface area contributed by atoms with Crippen molar-refractivity contribution in [1.29, 1.82) is 5.26 Å². The molecule has 0 aliphatic carbocycles. The van der Waals surface area contributed by atoms with Gasteiger partial charge in [-0.1, -0.05) is 37.4 Å². The molecule has 0 fully saturated rings. The Balaban J connectivity index is 0. The number of esters is 2. The highest BCUT2D eigenvalue weighted by Crippen LogP contribution is 2.12. The van der Waals surface area contributed by atoms with E-state index in [1.54, 1.807) is 43.3 Å². The molecule has 1 amide bonds. The van der Waals surface area contributed by atoms with Gasteiger partial charge in [0.25, 0.3) is 0 Å². The summed E-state index contributed by atoms with van der Waals surface area (Å²) in [5, 5.41) is 34.0. The van der Waals surface area contributed by atoms with Gasteiger partial charge in [-0.25, -0.2) is 14.4 Å². The predicted octanol–water partition coefficient (Wildman–Crippen LogP) is 2.97. The van der Waals surface area contributed by atoms with Gasteiger partial charge in [0.05, 0.1) is 19.8 Å². The molecule has 11 nitrogen and oxygen atoms in total. The van der Waals surface area contributed by atoms with E-state index in [1.165, 1.54) is 32.3 Å². The first-order chi connectivity index (χ1) is 18.3. The number of aromatic hydroxyl groups is 1. The lowest BCUT2D eigenvalue weighted by Crippen LogP contribution is -2.11. The second kappa shape index (κ2) is 21.2. The van der Waals surface area contributed by atoms with Gasteiger partial charge in [0.15, 0.2) is 0 Å². The van der Waals surface area contributed by atoms with Crippen LogP contribution in [-0.2, 0) is 28.7 Å². The van der Waals surface area contributed by atoms with Crippen LogP contribution in [0.1, 0.15) is 32.3 Å². The van der Waals surface area contributed by atoms with Gasteiger partial charge in [-0.3, -0.25) is 4.79 Å². The van der Waals surface area contributed by atoms with Crippen LogP contribution in [0, 0.1) is 11.3 Å². The Morgan fingerprint density at radius 1 is 1.03 bits per heavy atom. The molecular weight excluding hydrogens is 508 g/mol. The summed E-state index contributed by atoms with van der Waals surface area (Å²) in [6, 6.07) is 8.32. The lowest BCUT2D eigenvalue weighted by molar-refractivity contribution is -0.140. The van der Waals surface area contributed by atoms with Crippen LogP contribution < -0.4 is 5.73 Å². The fourth-order valence-electron chi connectivity index (χ4n) is 2.06. The van der Waals surface area contributed by atoms with E-state index in [4.69, 9.17) is 26.3 Å². The summed E-state index contributed by atoms with van der Waals surface area (Å²) in [5.41, 5.74) is 7.08. The Morgan fingerprint density at radius 2 is 1.59 bits per heavy atom. The monoisotopic (exact) mass is 542 g/mol. The normalized spacial score (nSPS) is 10.5. The largest absolute Gasteiger partial charge is 0.508 e. The summed E-state index contributed by atoms with van der Waals surface area (Å²) in [5.74, 6) is -2.30. The number of rotatable bonds is 11. The second-order valence-electron chi connectivity index (χ2n) is 7.47. The molecule has 0 bridgehead atoms. The molecule has 0 aromatic heterocycles. The van der Waals surface area contributed by atoms with Gasteiger partial charge in [0.2, 0.25) is 5.91 Å². The Bertz CT molecular complexity index is 1140. The van der Waals surface area contributed by atoms with E-state index in [2.05, 4.69) is 22.6 Å². The molecule has 1 aromatic rings. The van der Waals surface area contributed by atoms with Gasteiger partial charge in [0, 0.05) is 28.4 Å². The zero-order valence-corrected chi connectivity index (χ0v) is 22.2. The van der Waals surface area contributed by atoms with E-state index < -0.39 is 23.8 Å². The molecule has 0 heterocycles. The molecule has 0 spiro atoms. The number of aliphatic hydroxyl groups excluding tert-OH is 1. The molecule has 210 valence electrons. The van der Waals surface area contributed by atoms with E-state index in [0.717, 1.165) is 5.56 Å². The molecule has 0 unspecified atom stereocenters. The van der Waals surface area contributed by atoms with Gasteiger partial charge in [0.1, 0.15) is 12.4 Å². The number of phenolic OH excluding ortho intramolecular Hbond substituents is 1. The van der Waals surface area contributed by atoms with Crippen molar-refractivity contribution in [3.8, 4) is 11.8 Å². The van der Waals surface area contributed by atoms with Crippen molar-refractivity contribution >= 4 is 29.9 Å². The number of benzene rings is 1. The summed E-state index contributed by atoms with van der Waals surface area (Å²) >= 11 is 0. The summed E-state index contributed by atoms with van der Waals surface area (Å²) < 4.78 is 8.97. The lowest BCUT2D eigenvalue weighted by atomic mass is 10.1. The zero-order chi connectivity index (χ0) is 30.4. The highest BCUT2D eigenvalue weighted by molar-refractivity contribution is 5.96. The second-order valence-corrected chi connectivity index (χ2v) is 7.47. The summed E-state index contributed by atoms with van der Waals surface area (Å²) in [6.45, 7) is 9.78. The molecule has 1 aromatic carbocycles. The number of carbonyl (C=O) groups is 4. The van der Waals surface area contributed by atoms with Crippen molar-refractivity contribution in [3.05, 3.63) is 83.5 Å². The average molecular weight is 543 g/mol. The number of hydrogen-bond donors (Lipinski definition) is 4. The molecule has 1 rings (SSSR count). The standard InChI is InChI=1S/C10H11NO2.C9H11NO3.C9H12O4/c1-7(10(11)13)6-8-2-4-9(12)5-3-8;1-8(4-2-3-5-10)9(12)13-7-6-11;1-6(8(10)11)4-5-7(2)9(12)13-3/h2-6,12H,1H3,(H2,11,13);2-3,11H,1,4,6-7H2;4H,2,5H2,1,3H3,(H,10,11). The number of nitrogens with two attached hydrogens (primary N) is 1. The molecule has 11 heteroatoms. The number of hydrogen-bond acceptors (Lipinski definition) is 9. The van der Waals surface area contributed by atoms with Gasteiger partial charge in [-0.05, 0) is 50.5 Å². The number of primary amides is 1. The van der Waals surface area contributed by atoms with E-state index in [-0.39, 0.29) is 48.5 Å². The minimum atomic E-state index is -1.00. The van der Waals surface area contributed by atoms with Crippen molar-refractivity contribution < 1.29 is 44.0 Å². The molecule has 0 aliphatic heterocycles. The minimum absolute atomic E-state index is 0.0280. The molecule has 39 heavy (non-hydrogen) atoms. The maximum Gasteiger partial charge on any atom is 0.333 e. The minimum Gasteiger partial charge on any atom is -0.508 e. The number of allylic oxidation sites excluding steroid dienone is 3. The number of aliphatic carboxylic acids is 1. The maximum atomic E-state index is 10.9. The van der Waals surface area contributed by atoms with Gasteiger partial charge >= 0.3 is 17.9 Å². The maximum absolute atomic E-state index is 10.9. The summed E-state index contributed by atoms with van der Waals surface area (Å²) in [7, 11) is 1.25. The first-order valence-corrected chi connectivity index (χ1v) is 11.2. The van der Waals surface area contributed by atoms with Crippen molar-refractivity contribution in [2.24, 2.45) is 5.73 Å². The fraction of sp³-hybridized carbons (Fsp3) is 0.250. The Morgan fingerprint density at radius 3 is 2.05 bits per heavy atom. The average Bonchev–Trinajstić information content (AvgIpc) is 2.91. The van der Waals surface area contributed by atoms with Crippen LogP contribution in [0.2, 0.25) is 0 Å². The summed E-state index contributed by atoms with van der Waals surface area (Å²) in [4.78, 5) is 42.8. The third-order valence-corrected chi connectivity index (χ3v) is 4.30. The van der Waals surface area contributed by atoms with Crippen molar-refractivity contribution in [3.63, 3.8) is 0 Å². The number of nitrogens with zero attached hydrogens (tertiary/aromatic N) is 1. The number of carbonyl (C=O) groups excluding carboxylic acids is 3. The first-order valence-electron chi connectivity index (χ1n) is 11.2. The topological polar surface area (TPSA) is 197 Å². The third-order valence-electron chi connectivity index (χ3n) is 4.30. The molecule has 0 aliphatic rings. The Hall–Kier alpha value is -4.95. The van der Waals surface area contributed by atoms with Crippen LogP contribution in [0.5, 0.6) is 5.75 Å². The number of methoxy groups -OCH3 is 1. The fourth-order valence-corrected chi connectivity index (χ4v) is 2.06. The van der Waals surface area contributed by atoms with Crippen LogP contribution in [0.25, 0.3) is 6.08 Å². The number of amides is 1. The third kappa shape index (κ3) is 18.9. The van der Waals surface area contributed by atoms with Crippen LogP contribution in [0.15, 0.2) is 77.9 Å². The van der Waals surface area contributed by atoms with E-state index in [9.17, 15) is 19.2 Å². The molecule has 0 saturated heterocycles. The van der Waals surface area contributed by atoms with Crippen LogP contribution in [0.3, 0.4) is 0 Å². The quantitative estimate of drug-likeness (QED) is 0.183. The highest BCUT2D eigenvalue weighted by Gasteiger charge is 2.06. The number of ether oxygens (including phenoxy) is 2.